The lowest BCUT2D eigenvalue weighted by atomic mass is 9.60. The number of carbonyl (C=O) groups is 1. The minimum Gasteiger partial charge on any atom is -0.444 e. The van der Waals surface area contributed by atoms with Crippen molar-refractivity contribution in [2.45, 2.75) is 52.2 Å². The standard InChI is InChI=1S/C19H26N4O2/c1-13-15(7-8-16(20-5)21-13)22(6)14-9-19(10-14)11-23(12-19)17(24)25-18(2,3)4/h7-8,14H,9-12H2,1-4,6H3. The first-order valence-electron chi connectivity index (χ1n) is 8.68. The molecule has 6 nitrogen and oxygen atoms in total. The van der Waals surface area contributed by atoms with Gasteiger partial charge in [0.25, 0.3) is 5.82 Å². The fourth-order valence-electron chi connectivity index (χ4n) is 3.86. The summed E-state index contributed by atoms with van der Waals surface area (Å²) in [6.45, 7) is 16.3. The number of likely N-dealkylation sites (tertiary alicyclic amines) is 1. The number of ether oxygens (including phenoxy) is 1. The number of hydrogen-bond donors (Lipinski definition) is 0. The molecule has 3 rings (SSSR count). The average Bonchev–Trinajstić information content (AvgIpc) is 2.41. The molecule has 1 amide bonds. The SMILES string of the molecule is [C-]#[N+]c1ccc(N(C)C2CC3(C2)CN(C(=O)OC(C)(C)C)C3)c(C)n1. The first kappa shape index (κ1) is 17.5. The molecule has 1 saturated heterocycles. The van der Waals surface area contributed by atoms with Gasteiger partial charge in [-0.3, -0.25) is 0 Å². The summed E-state index contributed by atoms with van der Waals surface area (Å²) >= 11 is 0. The maximum atomic E-state index is 12.1. The molecule has 0 aromatic carbocycles. The zero-order valence-electron chi connectivity index (χ0n) is 15.7. The van der Waals surface area contributed by atoms with Crippen LogP contribution in [0.3, 0.4) is 0 Å². The van der Waals surface area contributed by atoms with Gasteiger partial charge in [-0.15, -0.1) is 4.98 Å². The third-order valence-electron chi connectivity index (χ3n) is 5.13. The highest BCUT2D eigenvalue weighted by molar-refractivity contribution is 5.69. The number of pyridine rings is 1. The summed E-state index contributed by atoms with van der Waals surface area (Å²) in [6, 6.07) is 4.21. The van der Waals surface area contributed by atoms with E-state index in [0.717, 1.165) is 37.3 Å². The molecule has 1 aliphatic heterocycles. The number of hydrogen-bond acceptors (Lipinski definition) is 4. The molecular weight excluding hydrogens is 316 g/mol. The van der Waals surface area contributed by atoms with E-state index < -0.39 is 5.60 Å². The van der Waals surface area contributed by atoms with E-state index in [1.54, 1.807) is 11.0 Å². The molecule has 2 fully saturated rings. The van der Waals surface area contributed by atoms with Crippen molar-refractivity contribution in [1.82, 2.24) is 9.88 Å². The highest BCUT2D eigenvalue weighted by Gasteiger charge is 2.55. The van der Waals surface area contributed by atoms with Gasteiger partial charge in [0.2, 0.25) is 0 Å². The zero-order valence-corrected chi connectivity index (χ0v) is 15.7. The lowest BCUT2D eigenvalue weighted by molar-refractivity contribution is -0.0774. The molecule has 0 N–H and O–H groups in total. The van der Waals surface area contributed by atoms with Gasteiger partial charge in [-0.2, -0.15) is 0 Å². The van der Waals surface area contributed by atoms with E-state index >= 15 is 0 Å². The maximum Gasteiger partial charge on any atom is 0.410 e. The van der Waals surface area contributed by atoms with E-state index in [1.807, 2.05) is 33.8 Å². The number of aryl methyl sites for hydroxylation is 1. The number of nitrogens with zero attached hydrogens (tertiary/aromatic N) is 4. The Morgan fingerprint density at radius 3 is 2.56 bits per heavy atom. The topological polar surface area (TPSA) is 50.0 Å². The van der Waals surface area contributed by atoms with Crippen molar-refractivity contribution in [1.29, 1.82) is 0 Å². The number of rotatable bonds is 2. The Morgan fingerprint density at radius 1 is 1.40 bits per heavy atom. The Bertz CT molecular complexity index is 718. The molecule has 0 radical (unpaired) electrons. The van der Waals surface area contributed by atoms with Crippen LogP contribution < -0.4 is 4.90 Å². The molecule has 1 aromatic heterocycles. The average molecular weight is 342 g/mol. The summed E-state index contributed by atoms with van der Waals surface area (Å²) in [5.74, 6) is 0.437. The number of amides is 1. The second-order valence-corrected chi connectivity index (χ2v) is 8.40. The van der Waals surface area contributed by atoms with Crippen molar-refractivity contribution >= 4 is 17.6 Å². The zero-order chi connectivity index (χ0) is 18.4. The quantitative estimate of drug-likeness (QED) is 0.768. The molecule has 0 atom stereocenters. The van der Waals surface area contributed by atoms with Gasteiger partial charge in [0, 0.05) is 38.5 Å². The molecule has 25 heavy (non-hydrogen) atoms. The Kier molecular flexibility index (Phi) is 4.14. The Balaban J connectivity index is 1.54. The summed E-state index contributed by atoms with van der Waals surface area (Å²) in [7, 11) is 2.09. The lowest BCUT2D eigenvalue weighted by Gasteiger charge is -2.60. The van der Waals surface area contributed by atoms with Crippen LogP contribution in [-0.4, -0.2) is 47.8 Å². The van der Waals surface area contributed by atoms with Gasteiger partial charge in [-0.05, 0) is 45.7 Å². The van der Waals surface area contributed by atoms with E-state index in [2.05, 4.69) is 21.8 Å². The van der Waals surface area contributed by atoms with Gasteiger partial charge in [-0.1, -0.05) is 6.57 Å². The highest BCUT2D eigenvalue weighted by atomic mass is 16.6. The van der Waals surface area contributed by atoms with Crippen LogP contribution in [0.15, 0.2) is 12.1 Å². The first-order valence-corrected chi connectivity index (χ1v) is 8.68. The summed E-state index contributed by atoms with van der Waals surface area (Å²) in [5.41, 5.74) is 1.79. The molecule has 1 saturated carbocycles. The van der Waals surface area contributed by atoms with Crippen molar-refractivity contribution in [2.24, 2.45) is 5.41 Å². The van der Waals surface area contributed by atoms with Gasteiger partial charge in [0.05, 0.1) is 5.69 Å². The third kappa shape index (κ3) is 3.41. The predicted octanol–water partition coefficient (Wildman–Crippen LogP) is 3.78. The smallest absolute Gasteiger partial charge is 0.410 e. The second kappa shape index (κ2) is 5.91. The summed E-state index contributed by atoms with van der Waals surface area (Å²) in [6.07, 6.45) is 1.95. The molecule has 6 heteroatoms. The van der Waals surface area contributed by atoms with Gasteiger partial charge in [0.1, 0.15) is 5.60 Å². The molecule has 1 aromatic rings. The molecule has 2 heterocycles. The minimum absolute atomic E-state index is 0.204. The first-order chi connectivity index (χ1) is 11.6. The van der Waals surface area contributed by atoms with Crippen LogP contribution in [0.25, 0.3) is 4.85 Å². The number of anilines is 1. The monoisotopic (exact) mass is 342 g/mol. The van der Waals surface area contributed by atoms with E-state index in [0.29, 0.717) is 11.9 Å². The fraction of sp³-hybridized carbons (Fsp3) is 0.632. The molecule has 0 bridgehead atoms. The molecular formula is C19H26N4O2. The van der Waals surface area contributed by atoms with Crippen LogP contribution in [0.2, 0.25) is 0 Å². The second-order valence-electron chi connectivity index (χ2n) is 8.40. The van der Waals surface area contributed by atoms with Crippen LogP contribution in [-0.2, 0) is 4.74 Å². The molecule has 2 aliphatic rings. The maximum absolute atomic E-state index is 12.1. The molecule has 1 spiro atoms. The van der Waals surface area contributed by atoms with Gasteiger partial charge >= 0.3 is 6.09 Å². The Labute approximate surface area is 149 Å². The fourth-order valence-corrected chi connectivity index (χ4v) is 3.86. The van der Waals surface area contributed by atoms with Crippen molar-refractivity contribution in [3.05, 3.63) is 29.2 Å². The van der Waals surface area contributed by atoms with E-state index in [4.69, 9.17) is 11.3 Å². The number of carbonyl (C=O) groups excluding carboxylic acids is 1. The van der Waals surface area contributed by atoms with Gasteiger partial charge < -0.3 is 19.4 Å². The van der Waals surface area contributed by atoms with Crippen LogP contribution in [0.5, 0.6) is 0 Å². The normalized spacial score (nSPS) is 19.0. The van der Waals surface area contributed by atoms with Crippen molar-refractivity contribution in [2.75, 3.05) is 25.0 Å². The Morgan fingerprint density at radius 2 is 2.04 bits per heavy atom. The lowest BCUT2D eigenvalue weighted by Crippen LogP contribution is -2.67. The van der Waals surface area contributed by atoms with Crippen LogP contribution in [0, 0.1) is 18.9 Å². The number of aromatic nitrogens is 1. The van der Waals surface area contributed by atoms with Crippen molar-refractivity contribution in [3.8, 4) is 0 Å². The van der Waals surface area contributed by atoms with Gasteiger partial charge in [-0.25, -0.2) is 4.79 Å². The summed E-state index contributed by atoms with van der Waals surface area (Å²) < 4.78 is 5.43. The molecule has 134 valence electrons. The van der Waals surface area contributed by atoms with E-state index in [1.165, 1.54) is 0 Å². The van der Waals surface area contributed by atoms with Crippen LogP contribution >= 0.6 is 0 Å². The minimum atomic E-state index is -0.440. The van der Waals surface area contributed by atoms with E-state index in [9.17, 15) is 4.79 Å². The summed E-state index contributed by atoms with van der Waals surface area (Å²) in [4.78, 5) is 23.8. The third-order valence-corrected chi connectivity index (χ3v) is 5.13. The molecule has 0 unspecified atom stereocenters. The summed E-state index contributed by atoms with van der Waals surface area (Å²) in [5, 5.41) is 0. The molecule has 1 aliphatic carbocycles. The van der Waals surface area contributed by atoms with Crippen LogP contribution in [0.1, 0.15) is 39.3 Å². The highest BCUT2D eigenvalue weighted by Crippen LogP contribution is 2.51. The van der Waals surface area contributed by atoms with Crippen LogP contribution in [0.4, 0.5) is 16.3 Å². The van der Waals surface area contributed by atoms with Crippen molar-refractivity contribution in [3.63, 3.8) is 0 Å². The Hall–Kier alpha value is -2.29. The van der Waals surface area contributed by atoms with E-state index in [-0.39, 0.29) is 11.5 Å². The van der Waals surface area contributed by atoms with Crippen molar-refractivity contribution < 1.29 is 9.53 Å². The van der Waals surface area contributed by atoms with Gasteiger partial charge in [0.15, 0.2) is 5.69 Å². The largest absolute Gasteiger partial charge is 0.444 e. The predicted molar refractivity (Wildman–Crippen MR) is 96.9 cm³/mol.